The molecule has 3 nitrogen and oxygen atoms in total. The van der Waals surface area contributed by atoms with Crippen LogP contribution in [0.1, 0.15) is 6.42 Å². The minimum Gasteiger partial charge on any atom is -0.392 e. The molecule has 0 unspecified atom stereocenters. The third-order valence-electron chi connectivity index (χ3n) is 2.46. The number of aliphatic hydroxyl groups is 1. The van der Waals surface area contributed by atoms with Crippen molar-refractivity contribution < 1.29 is 5.11 Å². The Morgan fingerprint density at radius 2 is 2.40 bits per heavy atom. The van der Waals surface area contributed by atoms with Crippen molar-refractivity contribution in [2.45, 2.75) is 18.6 Å². The molecular formula is C7H14N2O. The van der Waals surface area contributed by atoms with Crippen LogP contribution in [-0.4, -0.2) is 48.3 Å². The second kappa shape index (κ2) is 2.49. The number of rotatable bonds is 0. The summed E-state index contributed by atoms with van der Waals surface area (Å²) in [6, 6.07) is 0.615. The van der Waals surface area contributed by atoms with E-state index in [9.17, 15) is 5.11 Å². The average Bonchev–Trinajstić information content (AvgIpc) is 2.27. The zero-order chi connectivity index (χ0) is 6.97. The van der Waals surface area contributed by atoms with Gasteiger partial charge in [-0.2, -0.15) is 0 Å². The lowest BCUT2D eigenvalue weighted by Crippen LogP contribution is -2.47. The molecule has 2 atom stereocenters. The molecule has 3 heteroatoms. The molecule has 0 bridgehead atoms. The highest BCUT2D eigenvalue weighted by molar-refractivity contribution is 4.89. The van der Waals surface area contributed by atoms with Gasteiger partial charge in [-0.3, -0.25) is 4.90 Å². The van der Waals surface area contributed by atoms with Crippen LogP contribution < -0.4 is 5.32 Å². The minimum atomic E-state index is -0.0649. The van der Waals surface area contributed by atoms with Crippen molar-refractivity contribution in [1.82, 2.24) is 10.2 Å². The lowest BCUT2D eigenvalue weighted by atomic mass is 10.2. The monoisotopic (exact) mass is 142 g/mol. The zero-order valence-electron chi connectivity index (χ0n) is 6.08. The Labute approximate surface area is 61.0 Å². The number of aliphatic hydroxyl groups excluding tert-OH is 1. The number of piperazine rings is 1. The van der Waals surface area contributed by atoms with Gasteiger partial charge < -0.3 is 10.4 Å². The van der Waals surface area contributed by atoms with E-state index in [0.717, 1.165) is 32.6 Å². The predicted molar refractivity (Wildman–Crippen MR) is 38.9 cm³/mol. The Bertz CT molecular complexity index is 115. The summed E-state index contributed by atoms with van der Waals surface area (Å²) in [5.41, 5.74) is 0. The van der Waals surface area contributed by atoms with Crippen LogP contribution in [0.15, 0.2) is 0 Å². The van der Waals surface area contributed by atoms with Gasteiger partial charge in [-0.1, -0.05) is 0 Å². The zero-order valence-corrected chi connectivity index (χ0v) is 6.08. The van der Waals surface area contributed by atoms with E-state index in [1.807, 2.05) is 0 Å². The van der Waals surface area contributed by atoms with E-state index in [2.05, 4.69) is 10.2 Å². The van der Waals surface area contributed by atoms with E-state index in [-0.39, 0.29) is 6.10 Å². The summed E-state index contributed by atoms with van der Waals surface area (Å²) in [7, 11) is 0. The molecule has 0 amide bonds. The molecule has 2 saturated heterocycles. The van der Waals surface area contributed by atoms with Crippen LogP contribution in [0.2, 0.25) is 0 Å². The second-order valence-corrected chi connectivity index (χ2v) is 3.24. The van der Waals surface area contributed by atoms with Gasteiger partial charge in [-0.15, -0.1) is 0 Å². The Kier molecular flexibility index (Phi) is 1.64. The van der Waals surface area contributed by atoms with E-state index < -0.39 is 0 Å². The standard InChI is InChI=1S/C7H14N2O/c10-7-3-6-4-8-1-2-9(6)5-7/h6-8,10H,1-5H2/t6-,7+/m0/s1. The molecule has 0 aromatic carbocycles. The topological polar surface area (TPSA) is 35.5 Å². The number of hydrogen-bond donors (Lipinski definition) is 2. The number of hydrogen-bond acceptors (Lipinski definition) is 3. The van der Waals surface area contributed by atoms with Crippen LogP contribution in [0.3, 0.4) is 0 Å². The second-order valence-electron chi connectivity index (χ2n) is 3.24. The van der Waals surface area contributed by atoms with Crippen LogP contribution in [0.4, 0.5) is 0 Å². The van der Waals surface area contributed by atoms with Crippen molar-refractivity contribution in [2.24, 2.45) is 0 Å². The van der Waals surface area contributed by atoms with Gasteiger partial charge in [0.25, 0.3) is 0 Å². The van der Waals surface area contributed by atoms with Gasteiger partial charge in [0.15, 0.2) is 0 Å². The molecule has 0 aliphatic carbocycles. The highest BCUT2D eigenvalue weighted by atomic mass is 16.3. The fourth-order valence-corrected chi connectivity index (χ4v) is 1.94. The predicted octanol–water partition coefficient (Wildman–Crippen LogP) is -0.975. The lowest BCUT2D eigenvalue weighted by Gasteiger charge is -2.29. The Morgan fingerprint density at radius 1 is 1.50 bits per heavy atom. The first kappa shape index (κ1) is 6.58. The molecule has 0 aromatic rings. The van der Waals surface area contributed by atoms with E-state index >= 15 is 0 Å². The van der Waals surface area contributed by atoms with Crippen molar-refractivity contribution in [2.75, 3.05) is 26.2 Å². The van der Waals surface area contributed by atoms with Crippen LogP contribution in [0.25, 0.3) is 0 Å². The maximum absolute atomic E-state index is 9.29. The van der Waals surface area contributed by atoms with Crippen molar-refractivity contribution in [3.8, 4) is 0 Å². The summed E-state index contributed by atoms with van der Waals surface area (Å²) >= 11 is 0. The highest BCUT2D eigenvalue weighted by Crippen LogP contribution is 2.18. The summed E-state index contributed by atoms with van der Waals surface area (Å²) in [5, 5.41) is 12.6. The molecule has 58 valence electrons. The normalized spacial score (nSPS) is 41.7. The van der Waals surface area contributed by atoms with Crippen molar-refractivity contribution in [1.29, 1.82) is 0 Å². The fraction of sp³-hybridized carbons (Fsp3) is 1.00. The molecule has 10 heavy (non-hydrogen) atoms. The van der Waals surface area contributed by atoms with Crippen molar-refractivity contribution in [3.05, 3.63) is 0 Å². The Balaban J connectivity index is 1.97. The van der Waals surface area contributed by atoms with E-state index in [1.165, 1.54) is 0 Å². The van der Waals surface area contributed by atoms with Gasteiger partial charge in [-0.25, -0.2) is 0 Å². The smallest absolute Gasteiger partial charge is 0.0682 e. The van der Waals surface area contributed by atoms with E-state index in [4.69, 9.17) is 0 Å². The van der Waals surface area contributed by atoms with Crippen LogP contribution in [0.5, 0.6) is 0 Å². The van der Waals surface area contributed by atoms with Crippen molar-refractivity contribution in [3.63, 3.8) is 0 Å². The van der Waals surface area contributed by atoms with Crippen LogP contribution in [-0.2, 0) is 0 Å². The lowest BCUT2D eigenvalue weighted by molar-refractivity contribution is 0.170. The van der Waals surface area contributed by atoms with Crippen LogP contribution >= 0.6 is 0 Å². The molecule has 0 aromatic heterocycles. The maximum Gasteiger partial charge on any atom is 0.0682 e. The minimum absolute atomic E-state index is 0.0649. The first-order valence-corrected chi connectivity index (χ1v) is 3.99. The first-order chi connectivity index (χ1) is 4.86. The summed E-state index contributed by atoms with van der Waals surface area (Å²) in [6.07, 6.45) is 0.900. The largest absolute Gasteiger partial charge is 0.392 e. The van der Waals surface area contributed by atoms with Crippen LogP contribution in [0, 0.1) is 0 Å². The number of fused-ring (bicyclic) bond motifs is 1. The van der Waals surface area contributed by atoms with Gasteiger partial charge in [-0.05, 0) is 6.42 Å². The number of nitrogens with zero attached hydrogens (tertiary/aromatic N) is 1. The summed E-state index contributed by atoms with van der Waals surface area (Å²) in [4.78, 5) is 2.38. The molecule has 0 saturated carbocycles. The quantitative estimate of drug-likeness (QED) is 0.456. The summed E-state index contributed by atoms with van der Waals surface area (Å²) in [6.45, 7) is 4.16. The van der Waals surface area contributed by atoms with Gasteiger partial charge in [0, 0.05) is 32.2 Å². The highest BCUT2D eigenvalue weighted by Gasteiger charge is 2.31. The Morgan fingerprint density at radius 3 is 3.20 bits per heavy atom. The molecule has 0 spiro atoms. The molecule has 2 fully saturated rings. The molecule has 0 radical (unpaired) electrons. The molecule has 2 rings (SSSR count). The molecule has 2 N–H and O–H groups in total. The summed E-state index contributed by atoms with van der Waals surface area (Å²) < 4.78 is 0. The molecule has 2 aliphatic rings. The third-order valence-corrected chi connectivity index (χ3v) is 2.46. The van der Waals surface area contributed by atoms with Crippen molar-refractivity contribution >= 4 is 0 Å². The fourth-order valence-electron chi connectivity index (χ4n) is 1.94. The van der Waals surface area contributed by atoms with E-state index in [0.29, 0.717) is 6.04 Å². The third kappa shape index (κ3) is 1.05. The Hall–Kier alpha value is -0.120. The molecule has 2 heterocycles. The SMILES string of the molecule is O[C@@H]1C[C@H]2CNCCN2C1. The van der Waals surface area contributed by atoms with Gasteiger partial charge in [0.05, 0.1) is 6.10 Å². The van der Waals surface area contributed by atoms with Gasteiger partial charge >= 0.3 is 0 Å². The first-order valence-electron chi connectivity index (χ1n) is 3.99. The van der Waals surface area contributed by atoms with Gasteiger partial charge in [0.2, 0.25) is 0 Å². The molecular weight excluding hydrogens is 128 g/mol. The molecule has 2 aliphatic heterocycles. The maximum atomic E-state index is 9.29. The summed E-state index contributed by atoms with van der Waals surface area (Å²) in [5.74, 6) is 0. The average molecular weight is 142 g/mol. The van der Waals surface area contributed by atoms with Gasteiger partial charge in [0.1, 0.15) is 0 Å². The number of nitrogens with one attached hydrogen (secondary N) is 1. The van der Waals surface area contributed by atoms with E-state index in [1.54, 1.807) is 0 Å².